The largest absolute Gasteiger partial charge is 0.461 e. The molecule has 2 N–H and O–H groups in total. The van der Waals surface area contributed by atoms with E-state index >= 15 is 0 Å². The van der Waals surface area contributed by atoms with Crippen molar-refractivity contribution >= 4 is 28.1 Å². The van der Waals surface area contributed by atoms with Crippen LogP contribution in [0.15, 0.2) is 10.5 Å². The Kier molecular flexibility index (Phi) is 5.34. The number of nitrogen functional groups attached to an aromatic ring is 1. The summed E-state index contributed by atoms with van der Waals surface area (Å²) in [4.78, 5) is 20.0. The highest BCUT2D eigenvalue weighted by molar-refractivity contribution is 7.13. The van der Waals surface area contributed by atoms with Crippen LogP contribution in [0, 0.1) is 0 Å². The van der Waals surface area contributed by atoms with Gasteiger partial charge in [-0.15, -0.1) is 11.3 Å². The van der Waals surface area contributed by atoms with E-state index < -0.39 is 12.6 Å². The molecular weight excluding hydrogens is 249 g/mol. The molecule has 0 atom stereocenters. The number of nitrogens with zero attached hydrogens (tertiary/aromatic N) is 2. The number of ether oxygens (including phenoxy) is 1. The van der Waals surface area contributed by atoms with E-state index in [1.165, 1.54) is 0 Å². The van der Waals surface area contributed by atoms with Crippen LogP contribution < -0.4 is 5.73 Å². The highest BCUT2D eigenvalue weighted by atomic mass is 32.1. The Morgan fingerprint density at radius 2 is 2.47 bits per heavy atom. The zero-order chi connectivity index (χ0) is 12.7. The number of esters is 1. The first-order valence-electron chi connectivity index (χ1n) is 4.83. The molecule has 0 spiro atoms. The predicted molar refractivity (Wildman–Crippen MR) is 61.6 cm³/mol. The van der Waals surface area contributed by atoms with Crippen LogP contribution in [0.3, 0.4) is 0 Å². The molecule has 0 unspecified atom stereocenters. The number of halogens is 1. The summed E-state index contributed by atoms with van der Waals surface area (Å²) in [7, 11) is 0. The molecule has 0 aliphatic carbocycles. The number of rotatable bonds is 6. The molecule has 0 radical (unpaired) electrons. The number of nitrogens with two attached hydrogens (primary N) is 1. The molecule has 1 aromatic rings. The standard InChI is InChI=1S/C9H12FN3O3S/c1-2-15-8(14)7(13-16-4-3-10)6-5-17-9(11)12-6/h5H,2-4H2,1H3,(H2,11,12)/b13-7-. The monoisotopic (exact) mass is 261 g/mol. The highest BCUT2D eigenvalue weighted by Gasteiger charge is 2.19. The van der Waals surface area contributed by atoms with Crippen LogP contribution in [0.1, 0.15) is 12.6 Å². The fraction of sp³-hybridized carbons (Fsp3) is 0.444. The molecule has 8 heteroatoms. The van der Waals surface area contributed by atoms with Gasteiger partial charge >= 0.3 is 5.97 Å². The number of oxime groups is 1. The van der Waals surface area contributed by atoms with Crippen LogP contribution in [-0.4, -0.2) is 36.6 Å². The molecular formula is C9H12FN3O3S. The highest BCUT2D eigenvalue weighted by Crippen LogP contribution is 2.13. The Hall–Kier alpha value is -1.70. The van der Waals surface area contributed by atoms with Gasteiger partial charge in [0.05, 0.1) is 6.61 Å². The van der Waals surface area contributed by atoms with Crippen molar-refractivity contribution in [2.75, 3.05) is 25.6 Å². The van der Waals surface area contributed by atoms with Crippen LogP contribution in [0.4, 0.5) is 9.52 Å². The summed E-state index contributed by atoms with van der Waals surface area (Å²) in [6, 6.07) is 0. The molecule has 1 heterocycles. The maximum Gasteiger partial charge on any atom is 0.362 e. The maximum atomic E-state index is 11.9. The quantitative estimate of drug-likeness (QED) is 0.357. The second-order valence-corrected chi connectivity index (χ2v) is 3.64. The van der Waals surface area contributed by atoms with Gasteiger partial charge in [0, 0.05) is 5.38 Å². The van der Waals surface area contributed by atoms with E-state index in [1.54, 1.807) is 12.3 Å². The fourth-order valence-electron chi connectivity index (χ4n) is 0.929. The molecule has 0 bridgehead atoms. The average molecular weight is 261 g/mol. The average Bonchev–Trinajstić information content (AvgIpc) is 2.71. The molecule has 0 aliphatic heterocycles. The Morgan fingerprint density at radius 1 is 1.71 bits per heavy atom. The van der Waals surface area contributed by atoms with Crippen molar-refractivity contribution < 1.29 is 18.8 Å². The van der Waals surface area contributed by atoms with Crippen LogP contribution in [0.2, 0.25) is 0 Å². The molecule has 94 valence electrons. The third-order valence-electron chi connectivity index (χ3n) is 1.56. The number of aromatic nitrogens is 1. The molecule has 17 heavy (non-hydrogen) atoms. The van der Waals surface area contributed by atoms with Gasteiger partial charge in [0.15, 0.2) is 5.13 Å². The van der Waals surface area contributed by atoms with Gasteiger partial charge in [0.25, 0.3) is 0 Å². The first kappa shape index (κ1) is 13.4. The lowest BCUT2D eigenvalue weighted by Gasteiger charge is -2.02. The normalized spacial score (nSPS) is 11.3. The zero-order valence-corrected chi connectivity index (χ0v) is 10.00. The number of alkyl halides is 1. The summed E-state index contributed by atoms with van der Waals surface area (Å²) in [6.45, 7) is 0.926. The molecule has 1 rings (SSSR count). The maximum absolute atomic E-state index is 11.9. The van der Waals surface area contributed by atoms with Crippen LogP contribution in [-0.2, 0) is 14.4 Å². The zero-order valence-electron chi connectivity index (χ0n) is 9.18. The molecule has 0 aromatic carbocycles. The fourth-order valence-corrected chi connectivity index (χ4v) is 1.48. The summed E-state index contributed by atoms with van der Waals surface area (Å²) < 4.78 is 16.6. The summed E-state index contributed by atoms with van der Waals surface area (Å²) in [5.41, 5.74) is 5.58. The Labute approximate surface area is 101 Å². The smallest absolute Gasteiger partial charge is 0.362 e. The Balaban J connectivity index is 2.86. The van der Waals surface area contributed by atoms with E-state index in [0.29, 0.717) is 5.13 Å². The summed E-state index contributed by atoms with van der Waals surface area (Å²) in [6.07, 6.45) is 0. The molecule has 6 nitrogen and oxygen atoms in total. The third-order valence-corrected chi connectivity index (χ3v) is 2.23. The first-order valence-corrected chi connectivity index (χ1v) is 5.71. The summed E-state index contributed by atoms with van der Waals surface area (Å²) in [5.74, 6) is -0.684. The second kappa shape index (κ2) is 6.79. The van der Waals surface area contributed by atoms with E-state index in [2.05, 4.69) is 15.0 Å². The third kappa shape index (κ3) is 3.99. The number of hydrogen-bond donors (Lipinski definition) is 1. The van der Waals surface area contributed by atoms with Gasteiger partial charge in [0.1, 0.15) is 19.0 Å². The number of anilines is 1. The Morgan fingerprint density at radius 3 is 3.00 bits per heavy atom. The van der Waals surface area contributed by atoms with Crippen LogP contribution in [0.25, 0.3) is 0 Å². The predicted octanol–water partition coefficient (Wildman–Crippen LogP) is 0.979. The molecule has 0 fully saturated rings. The van der Waals surface area contributed by atoms with Crippen molar-refractivity contribution in [1.29, 1.82) is 0 Å². The lowest BCUT2D eigenvalue weighted by Crippen LogP contribution is -2.20. The lowest BCUT2D eigenvalue weighted by molar-refractivity contribution is -0.135. The SMILES string of the molecule is CCOC(=O)/C(=N\OCCF)c1csc(N)n1. The number of carbonyl (C=O) groups is 1. The van der Waals surface area contributed by atoms with Crippen molar-refractivity contribution in [2.24, 2.45) is 5.16 Å². The minimum absolute atomic E-state index is 0.117. The van der Waals surface area contributed by atoms with Gasteiger partial charge in [-0.25, -0.2) is 14.2 Å². The van der Waals surface area contributed by atoms with Gasteiger partial charge in [-0.1, -0.05) is 5.16 Å². The van der Waals surface area contributed by atoms with Crippen molar-refractivity contribution in [1.82, 2.24) is 4.98 Å². The number of carbonyl (C=O) groups excluding carboxylic acids is 1. The molecule has 0 aliphatic rings. The molecule has 0 saturated heterocycles. The second-order valence-electron chi connectivity index (χ2n) is 2.75. The minimum atomic E-state index is -0.696. The molecule has 0 saturated carbocycles. The van der Waals surface area contributed by atoms with Crippen molar-refractivity contribution in [3.63, 3.8) is 0 Å². The van der Waals surface area contributed by atoms with Gasteiger partial charge < -0.3 is 15.3 Å². The van der Waals surface area contributed by atoms with Gasteiger partial charge in [-0.05, 0) is 6.92 Å². The Bertz CT molecular complexity index is 408. The van der Waals surface area contributed by atoms with E-state index in [9.17, 15) is 9.18 Å². The van der Waals surface area contributed by atoms with E-state index in [-0.39, 0.29) is 24.6 Å². The lowest BCUT2D eigenvalue weighted by atomic mass is 10.3. The number of hydrogen-bond acceptors (Lipinski definition) is 7. The van der Waals surface area contributed by atoms with Gasteiger partial charge in [0.2, 0.25) is 5.71 Å². The molecule has 1 aromatic heterocycles. The minimum Gasteiger partial charge on any atom is -0.461 e. The first-order chi connectivity index (χ1) is 8.19. The molecule has 0 amide bonds. The summed E-state index contributed by atoms with van der Waals surface area (Å²) >= 11 is 1.16. The van der Waals surface area contributed by atoms with E-state index in [0.717, 1.165) is 11.3 Å². The van der Waals surface area contributed by atoms with Crippen molar-refractivity contribution in [2.45, 2.75) is 6.92 Å². The van der Waals surface area contributed by atoms with Crippen LogP contribution >= 0.6 is 11.3 Å². The van der Waals surface area contributed by atoms with Gasteiger partial charge in [-0.3, -0.25) is 0 Å². The van der Waals surface area contributed by atoms with Crippen molar-refractivity contribution in [3.05, 3.63) is 11.1 Å². The van der Waals surface area contributed by atoms with Gasteiger partial charge in [-0.2, -0.15) is 0 Å². The van der Waals surface area contributed by atoms with Crippen molar-refractivity contribution in [3.8, 4) is 0 Å². The van der Waals surface area contributed by atoms with E-state index in [1.807, 2.05) is 0 Å². The number of thiazole rings is 1. The summed E-state index contributed by atoms with van der Waals surface area (Å²) in [5, 5.41) is 5.35. The van der Waals surface area contributed by atoms with Crippen LogP contribution in [0.5, 0.6) is 0 Å². The van der Waals surface area contributed by atoms with E-state index in [4.69, 9.17) is 10.5 Å². The topological polar surface area (TPSA) is 86.8 Å².